The van der Waals surface area contributed by atoms with Crippen molar-refractivity contribution < 1.29 is 24.4 Å². The van der Waals surface area contributed by atoms with Crippen LogP contribution in [0.15, 0.2) is 12.1 Å². The number of nitrogens with zero attached hydrogens (tertiary/aromatic N) is 1. The third-order valence-corrected chi connectivity index (χ3v) is 4.14. The second-order valence-corrected chi connectivity index (χ2v) is 5.41. The molecule has 0 unspecified atom stereocenters. The first kappa shape index (κ1) is 14.4. The summed E-state index contributed by atoms with van der Waals surface area (Å²) < 4.78 is 5.10. The van der Waals surface area contributed by atoms with Crippen LogP contribution in [0.5, 0.6) is 0 Å². The number of carboxylic acids is 1. The Morgan fingerprint density at radius 2 is 2.05 bits per heavy atom. The second kappa shape index (κ2) is 5.55. The molecule has 0 aliphatic carbocycles. The number of hydrogen-bond acceptors (Lipinski definition) is 6. The molecule has 0 atom stereocenters. The van der Waals surface area contributed by atoms with E-state index in [4.69, 9.17) is 4.74 Å². The lowest BCUT2D eigenvalue weighted by Gasteiger charge is -2.33. The number of nitrogens with one attached hydrogen (secondary N) is 1. The number of rotatable bonds is 4. The van der Waals surface area contributed by atoms with Crippen LogP contribution >= 0.6 is 11.3 Å². The summed E-state index contributed by atoms with van der Waals surface area (Å²) >= 11 is 0.713. The normalized spacial score (nSPS) is 17.4. The van der Waals surface area contributed by atoms with Gasteiger partial charge in [0.1, 0.15) is 5.54 Å². The van der Waals surface area contributed by atoms with E-state index < -0.39 is 22.3 Å². The van der Waals surface area contributed by atoms with Crippen molar-refractivity contribution >= 4 is 28.2 Å². The van der Waals surface area contributed by atoms with Gasteiger partial charge in [-0.3, -0.25) is 14.9 Å². The first-order chi connectivity index (χ1) is 9.44. The molecule has 1 amide bonds. The van der Waals surface area contributed by atoms with Gasteiger partial charge in [-0.2, -0.15) is 0 Å². The summed E-state index contributed by atoms with van der Waals surface area (Å²) in [6.07, 6.45) is 0.336. The Morgan fingerprint density at radius 3 is 2.55 bits per heavy atom. The van der Waals surface area contributed by atoms with E-state index in [1.807, 2.05) is 0 Å². The van der Waals surface area contributed by atoms with Gasteiger partial charge in [-0.1, -0.05) is 11.3 Å². The van der Waals surface area contributed by atoms with E-state index in [0.29, 0.717) is 11.3 Å². The molecular formula is C11H12N2O6S. The van der Waals surface area contributed by atoms with E-state index in [9.17, 15) is 24.8 Å². The summed E-state index contributed by atoms with van der Waals surface area (Å²) in [5.41, 5.74) is -1.37. The average Bonchev–Trinajstić information content (AvgIpc) is 2.89. The van der Waals surface area contributed by atoms with Crippen molar-refractivity contribution in [2.75, 3.05) is 13.2 Å². The van der Waals surface area contributed by atoms with E-state index in [1.165, 1.54) is 12.1 Å². The third kappa shape index (κ3) is 2.78. The molecule has 108 valence electrons. The number of hydrogen-bond donors (Lipinski definition) is 2. The zero-order valence-corrected chi connectivity index (χ0v) is 11.1. The van der Waals surface area contributed by atoms with Gasteiger partial charge in [0.25, 0.3) is 5.91 Å². The first-order valence-corrected chi connectivity index (χ1v) is 6.64. The third-order valence-electron chi connectivity index (χ3n) is 3.10. The molecule has 0 spiro atoms. The Bertz CT molecular complexity index is 549. The number of carboxylic acid groups (broad SMARTS) is 1. The van der Waals surface area contributed by atoms with Crippen LogP contribution in [0.2, 0.25) is 0 Å². The van der Waals surface area contributed by atoms with Crippen molar-refractivity contribution in [2.45, 2.75) is 18.4 Å². The maximum Gasteiger partial charge on any atom is 0.329 e. The highest BCUT2D eigenvalue weighted by molar-refractivity contribution is 7.17. The van der Waals surface area contributed by atoms with Crippen molar-refractivity contribution in [3.05, 3.63) is 27.1 Å². The zero-order chi connectivity index (χ0) is 14.8. The lowest BCUT2D eigenvalue weighted by Crippen LogP contribution is -2.57. The standard InChI is InChI=1S/C11H12N2O6S/c14-9(7-1-2-8(20-7)13(17)18)12-11(10(15)16)3-5-19-6-4-11/h1-2H,3-6H2,(H,12,14)(H,15,16). The molecule has 0 saturated carbocycles. The van der Waals surface area contributed by atoms with Gasteiger partial charge in [0.05, 0.1) is 9.80 Å². The summed E-state index contributed by atoms with van der Waals surface area (Å²) in [4.78, 5) is 33.5. The fraction of sp³-hybridized carbons (Fsp3) is 0.455. The maximum absolute atomic E-state index is 12.0. The van der Waals surface area contributed by atoms with Gasteiger partial charge < -0.3 is 15.2 Å². The quantitative estimate of drug-likeness (QED) is 0.633. The Labute approximate surface area is 117 Å². The van der Waals surface area contributed by atoms with Crippen LogP contribution in [-0.2, 0) is 9.53 Å². The molecule has 0 bridgehead atoms. The molecule has 2 rings (SSSR count). The van der Waals surface area contributed by atoms with Crippen molar-refractivity contribution in [1.29, 1.82) is 0 Å². The zero-order valence-electron chi connectivity index (χ0n) is 10.3. The van der Waals surface area contributed by atoms with Gasteiger partial charge in [0, 0.05) is 32.1 Å². The molecular weight excluding hydrogens is 288 g/mol. The Balaban J connectivity index is 2.15. The van der Waals surface area contributed by atoms with Crippen molar-refractivity contribution in [3.63, 3.8) is 0 Å². The number of aliphatic carboxylic acids is 1. The van der Waals surface area contributed by atoms with Crippen LogP contribution in [0.3, 0.4) is 0 Å². The van der Waals surface area contributed by atoms with E-state index >= 15 is 0 Å². The molecule has 1 aliphatic rings. The van der Waals surface area contributed by atoms with Crippen LogP contribution in [-0.4, -0.2) is 40.7 Å². The summed E-state index contributed by atoms with van der Waals surface area (Å²) in [5, 5.41) is 22.2. The summed E-state index contributed by atoms with van der Waals surface area (Å²) in [6.45, 7) is 0.494. The van der Waals surface area contributed by atoms with Crippen LogP contribution in [0.4, 0.5) is 5.00 Å². The molecule has 0 radical (unpaired) electrons. The van der Waals surface area contributed by atoms with Gasteiger partial charge in [0.15, 0.2) is 0 Å². The fourth-order valence-electron chi connectivity index (χ4n) is 1.94. The largest absolute Gasteiger partial charge is 0.480 e. The highest BCUT2D eigenvalue weighted by atomic mass is 32.1. The highest BCUT2D eigenvalue weighted by Crippen LogP contribution is 2.26. The van der Waals surface area contributed by atoms with E-state index in [1.54, 1.807) is 0 Å². The van der Waals surface area contributed by atoms with Crippen molar-refractivity contribution in [3.8, 4) is 0 Å². The molecule has 8 nitrogen and oxygen atoms in total. The molecule has 9 heteroatoms. The topological polar surface area (TPSA) is 119 Å². The number of carbonyl (C=O) groups is 2. The van der Waals surface area contributed by atoms with Gasteiger partial charge >= 0.3 is 11.0 Å². The van der Waals surface area contributed by atoms with E-state index in [-0.39, 0.29) is 35.9 Å². The molecule has 1 aliphatic heterocycles. The summed E-state index contributed by atoms with van der Waals surface area (Å²) in [5.74, 6) is -1.74. The van der Waals surface area contributed by atoms with Crippen LogP contribution < -0.4 is 5.32 Å². The van der Waals surface area contributed by atoms with Gasteiger partial charge in [0.2, 0.25) is 0 Å². The van der Waals surface area contributed by atoms with Crippen molar-refractivity contribution in [1.82, 2.24) is 5.32 Å². The lowest BCUT2D eigenvalue weighted by atomic mass is 9.90. The molecule has 2 N–H and O–H groups in total. The summed E-state index contributed by atoms with van der Waals surface area (Å²) in [7, 11) is 0. The lowest BCUT2D eigenvalue weighted by molar-refractivity contribution is -0.380. The SMILES string of the molecule is O=C(NC1(C(=O)O)CCOCC1)c1ccc([N+](=O)[O-])s1. The van der Waals surface area contributed by atoms with E-state index in [0.717, 1.165) is 0 Å². The fourth-order valence-corrected chi connectivity index (χ4v) is 2.65. The van der Waals surface area contributed by atoms with Gasteiger partial charge in [-0.15, -0.1) is 0 Å². The predicted octanol–water partition coefficient (Wildman–Crippen LogP) is 1.02. The Morgan fingerprint density at radius 1 is 1.40 bits per heavy atom. The van der Waals surface area contributed by atoms with Crippen LogP contribution in [0.25, 0.3) is 0 Å². The van der Waals surface area contributed by atoms with E-state index in [2.05, 4.69) is 5.32 Å². The minimum Gasteiger partial charge on any atom is -0.480 e. The minimum atomic E-state index is -1.37. The van der Waals surface area contributed by atoms with Crippen LogP contribution in [0.1, 0.15) is 22.5 Å². The Hall–Kier alpha value is -2.00. The predicted molar refractivity (Wildman–Crippen MR) is 68.9 cm³/mol. The number of carbonyl (C=O) groups excluding carboxylic acids is 1. The second-order valence-electron chi connectivity index (χ2n) is 4.35. The molecule has 20 heavy (non-hydrogen) atoms. The Kier molecular flexibility index (Phi) is 4.00. The highest BCUT2D eigenvalue weighted by Gasteiger charge is 2.42. The minimum absolute atomic E-state index is 0.115. The van der Waals surface area contributed by atoms with Crippen molar-refractivity contribution in [2.24, 2.45) is 0 Å². The molecule has 2 heterocycles. The van der Waals surface area contributed by atoms with Gasteiger partial charge in [-0.25, -0.2) is 4.79 Å². The van der Waals surface area contributed by atoms with Crippen LogP contribution in [0, 0.1) is 10.1 Å². The first-order valence-electron chi connectivity index (χ1n) is 5.82. The molecule has 1 aromatic heterocycles. The number of thiophene rings is 1. The number of amides is 1. The number of nitro groups is 1. The number of ether oxygens (including phenoxy) is 1. The molecule has 1 saturated heterocycles. The smallest absolute Gasteiger partial charge is 0.329 e. The monoisotopic (exact) mass is 300 g/mol. The molecule has 1 fully saturated rings. The average molecular weight is 300 g/mol. The van der Waals surface area contributed by atoms with Gasteiger partial charge in [-0.05, 0) is 6.07 Å². The molecule has 0 aromatic carbocycles. The maximum atomic E-state index is 12.0. The summed E-state index contributed by atoms with van der Waals surface area (Å²) in [6, 6.07) is 2.53. The molecule has 1 aromatic rings.